The van der Waals surface area contributed by atoms with Crippen LogP contribution >= 0.6 is 0 Å². The number of rotatable bonds is 1. The first-order valence-electron chi connectivity index (χ1n) is 7.07. The molecule has 0 radical (unpaired) electrons. The van der Waals surface area contributed by atoms with Gasteiger partial charge in [0, 0.05) is 25.3 Å². The van der Waals surface area contributed by atoms with Crippen LogP contribution in [-0.2, 0) is 6.54 Å². The lowest BCUT2D eigenvalue weighted by Crippen LogP contribution is -2.34. The highest BCUT2D eigenvalue weighted by Gasteiger charge is 2.23. The summed E-state index contributed by atoms with van der Waals surface area (Å²) < 4.78 is 0. The molecular formula is C17H18N2O2. The molecule has 0 fully saturated rings. The van der Waals surface area contributed by atoms with Crippen LogP contribution in [0.15, 0.2) is 42.5 Å². The first-order chi connectivity index (χ1) is 10.2. The summed E-state index contributed by atoms with van der Waals surface area (Å²) in [5, 5.41) is 13.4. The maximum Gasteiger partial charge on any atom is 0.262 e. The van der Waals surface area contributed by atoms with Crippen molar-refractivity contribution >= 4 is 11.6 Å². The van der Waals surface area contributed by atoms with Crippen LogP contribution in [0, 0.1) is 6.92 Å². The zero-order chi connectivity index (χ0) is 14.8. The smallest absolute Gasteiger partial charge is 0.262 e. The van der Waals surface area contributed by atoms with Crippen molar-refractivity contribution in [3.05, 3.63) is 59.2 Å². The van der Waals surface area contributed by atoms with E-state index < -0.39 is 0 Å². The van der Waals surface area contributed by atoms with Gasteiger partial charge in [-0.05, 0) is 36.2 Å². The van der Waals surface area contributed by atoms with Gasteiger partial charge in [-0.3, -0.25) is 4.79 Å². The summed E-state index contributed by atoms with van der Waals surface area (Å²) in [6, 6.07) is 13.0. The van der Waals surface area contributed by atoms with Gasteiger partial charge >= 0.3 is 0 Å². The number of fused-ring (bicyclic) bond motifs is 1. The van der Waals surface area contributed by atoms with Crippen molar-refractivity contribution in [1.29, 1.82) is 0 Å². The fourth-order valence-electron chi connectivity index (χ4n) is 2.64. The predicted molar refractivity (Wildman–Crippen MR) is 82.7 cm³/mol. The Morgan fingerprint density at radius 2 is 2.05 bits per heavy atom. The number of hydrogen-bond acceptors (Lipinski definition) is 3. The fourth-order valence-corrected chi connectivity index (χ4v) is 2.64. The van der Waals surface area contributed by atoms with Gasteiger partial charge in [-0.1, -0.05) is 24.3 Å². The molecule has 2 aromatic carbocycles. The third-order valence-corrected chi connectivity index (χ3v) is 3.74. The molecule has 4 heteroatoms. The Labute approximate surface area is 124 Å². The number of carbonyl (C=O) groups excluding carboxylic acids is 1. The summed E-state index contributed by atoms with van der Waals surface area (Å²) in [5.74, 6) is -0.127. The number of phenols is 1. The molecule has 0 aromatic heterocycles. The Morgan fingerprint density at radius 3 is 2.86 bits per heavy atom. The molecule has 1 amide bonds. The fraction of sp³-hybridized carbons (Fsp3) is 0.235. The molecule has 2 N–H and O–H groups in total. The van der Waals surface area contributed by atoms with Crippen molar-refractivity contribution in [2.75, 3.05) is 18.0 Å². The van der Waals surface area contributed by atoms with Crippen LogP contribution in [0.1, 0.15) is 21.5 Å². The van der Waals surface area contributed by atoms with Crippen LogP contribution in [-0.4, -0.2) is 24.1 Å². The average Bonchev–Trinajstić information content (AvgIpc) is 2.69. The highest BCUT2D eigenvalue weighted by Crippen LogP contribution is 2.27. The minimum atomic E-state index is -0.163. The van der Waals surface area contributed by atoms with Gasteiger partial charge in [0.2, 0.25) is 0 Å². The Kier molecular flexibility index (Phi) is 3.62. The van der Waals surface area contributed by atoms with Crippen LogP contribution in [0.25, 0.3) is 0 Å². The lowest BCUT2D eigenvalue weighted by Gasteiger charge is -2.23. The lowest BCUT2D eigenvalue weighted by molar-refractivity contribution is 0.0985. The summed E-state index contributed by atoms with van der Waals surface area (Å²) in [5.41, 5.74) is 3.28. The minimum Gasteiger partial charge on any atom is -0.507 e. The number of nitrogens with one attached hydrogen (secondary N) is 1. The molecule has 0 saturated carbocycles. The van der Waals surface area contributed by atoms with Gasteiger partial charge in [0.1, 0.15) is 5.75 Å². The topological polar surface area (TPSA) is 52.6 Å². The highest BCUT2D eigenvalue weighted by molar-refractivity contribution is 6.08. The SMILES string of the molecule is Cc1ccc(C(=O)N2CCNCc3ccccc32)c(O)c1. The van der Waals surface area contributed by atoms with Gasteiger partial charge in [0.15, 0.2) is 0 Å². The molecule has 4 nitrogen and oxygen atoms in total. The monoisotopic (exact) mass is 282 g/mol. The molecule has 0 aliphatic carbocycles. The molecule has 1 heterocycles. The quantitative estimate of drug-likeness (QED) is 0.844. The van der Waals surface area contributed by atoms with E-state index in [-0.39, 0.29) is 11.7 Å². The largest absolute Gasteiger partial charge is 0.507 e. The van der Waals surface area contributed by atoms with E-state index in [2.05, 4.69) is 5.32 Å². The van der Waals surface area contributed by atoms with E-state index in [1.165, 1.54) is 0 Å². The standard InChI is InChI=1S/C17H18N2O2/c1-12-6-7-14(16(20)10-12)17(21)19-9-8-18-11-13-4-2-3-5-15(13)19/h2-7,10,18,20H,8-9,11H2,1H3. The van der Waals surface area contributed by atoms with Crippen LogP contribution in [0.3, 0.4) is 0 Å². The first-order valence-corrected chi connectivity index (χ1v) is 7.07. The van der Waals surface area contributed by atoms with Gasteiger partial charge in [0.05, 0.1) is 5.56 Å². The first kappa shape index (κ1) is 13.6. The maximum atomic E-state index is 12.8. The van der Waals surface area contributed by atoms with E-state index in [4.69, 9.17) is 0 Å². The van der Waals surface area contributed by atoms with Crippen molar-refractivity contribution in [3.63, 3.8) is 0 Å². The van der Waals surface area contributed by atoms with Crippen molar-refractivity contribution in [1.82, 2.24) is 5.32 Å². The molecule has 0 unspecified atom stereocenters. The van der Waals surface area contributed by atoms with Gasteiger partial charge in [-0.25, -0.2) is 0 Å². The van der Waals surface area contributed by atoms with E-state index in [0.717, 1.165) is 29.9 Å². The normalized spacial score (nSPS) is 14.4. The van der Waals surface area contributed by atoms with E-state index in [0.29, 0.717) is 12.1 Å². The molecule has 0 saturated heterocycles. The van der Waals surface area contributed by atoms with E-state index in [1.54, 1.807) is 17.0 Å². The van der Waals surface area contributed by atoms with Gasteiger partial charge in [-0.2, -0.15) is 0 Å². The Morgan fingerprint density at radius 1 is 1.24 bits per heavy atom. The molecular weight excluding hydrogens is 264 g/mol. The number of hydrogen-bond donors (Lipinski definition) is 2. The van der Waals surface area contributed by atoms with Crippen LogP contribution in [0.2, 0.25) is 0 Å². The maximum absolute atomic E-state index is 12.8. The third kappa shape index (κ3) is 2.62. The summed E-state index contributed by atoms with van der Waals surface area (Å²) in [7, 11) is 0. The number of benzene rings is 2. The molecule has 0 spiro atoms. The van der Waals surface area contributed by atoms with Crippen LogP contribution < -0.4 is 10.2 Å². The van der Waals surface area contributed by atoms with Crippen LogP contribution in [0.4, 0.5) is 5.69 Å². The molecule has 3 rings (SSSR count). The number of aromatic hydroxyl groups is 1. The number of phenolic OH excluding ortho intramolecular Hbond substituents is 1. The van der Waals surface area contributed by atoms with Crippen molar-refractivity contribution in [2.45, 2.75) is 13.5 Å². The molecule has 1 aliphatic heterocycles. The third-order valence-electron chi connectivity index (χ3n) is 3.74. The van der Waals surface area contributed by atoms with Gasteiger partial charge in [-0.15, -0.1) is 0 Å². The van der Waals surface area contributed by atoms with Gasteiger partial charge in [0.25, 0.3) is 5.91 Å². The van der Waals surface area contributed by atoms with Crippen molar-refractivity contribution in [2.24, 2.45) is 0 Å². The summed E-state index contributed by atoms with van der Waals surface area (Å²) >= 11 is 0. The lowest BCUT2D eigenvalue weighted by atomic mass is 10.1. The Balaban J connectivity index is 2.01. The number of anilines is 1. The highest BCUT2D eigenvalue weighted by atomic mass is 16.3. The van der Waals surface area contributed by atoms with Gasteiger partial charge < -0.3 is 15.3 Å². The number of nitrogens with zero attached hydrogens (tertiary/aromatic N) is 1. The van der Waals surface area contributed by atoms with Crippen molar-refractivity contribution in [3.8, 4) is 5.75 Å². The Bertz CT molecular complexity index is 682. The van der Waals surface area contributed by atoms with Crippen molar-refractivity contribution < 1.29 is 9.90 Å². The molecule has 2 aromatic rings. The average molecular weight is 282 g/mol. The molecule has 0 atom stereocenters. The number of para-hydroxylation sites is 1. The second-order valence-corrected chi connectivity index (χ2v) is 5.28. The van der Waals surface area contributed by atoms with Crippen LogP contribution in [0.5, 0.6) is 5.75 Å². The number of aryl methyl sites for hydroxylation is 1. The van der Waals surface area contributed by atoms with E-state index in [9.17, 15) is 9.90 Å². The predicted octanol–water partition coefficient (Wildman–Crippen LogP) is 2.45. The second kappa shape index (κ2) is 5.58. The summed E-state index contributed by atoms with van der Waals surface area (Å²) in [6.07, 6.45) is 0. The zero-order valence-corrected chi connectivity index (χ0v) is 12.0. The molecule has 108 valence electrons. The van der Waals surface area contributed by atoms with E-state index >= 15 is 0 Å². The molecule has 0 bridgehead atoms. The zero-order valence-electron chi connectivity index (χ0n) is 12.0. The number of amides is 1. The number of carbonyl (C=O) groups is 1. The van der Waals surface area contributed by atoms with E-state index in [1.807, 2.05) is 37.3 Å². The second-order valence-electron chi connectivity index (χ2n) is 5.28. The summed E-state index contributed by atoms with van der Waals surface area (Å²) in [4.78, 5) is 14.5. The Hall–Kier alpha value is -2.33. The summed E-state index contributed by atoms with van der Waals surface area (Å²) in [6.45, 7) is 3.95. The molecule has 21 heavy (non-hydrogen) atoms. The molecule has 1 aliphatic rings. The minimum absolute atomic E-state index is 0.0367.